The van der Waals surface area contributed by atoms with E-state index in [1.54, 1.807) is 0 Å². The maximum Gasteiger partial charge on any atom is 0.253 e. The average molecular weight is 425 g/mol. The van der Waals surface area contributed by atoms with Crippen LogP contribution < -0.4 is 5.32 Å². The van der Waals surface area contributed by atoms with Gasteiger partial charge in [-0.05, 0) is 43.2 Å². The average Bonchev–Trinajstić information content (AvgIpc) is 2.64. The highest BCUT2D eigenvalue weighted by Gasteiger charge is 2.20. The van der Waals surface area contributed by atoms with Gasteiger partial charge in [-0.25, -0.2) is 12.7 Å². The molecule has 0 aliphatic heterocycles. The number of carbonyl (C=O) groups is 1. The summed E-state index contributed by atoms with van der Waals surface area (Å²) in [6, 6.07) is 11.8. The number of hydrogen-bond acceptors (Lipinski definition) is 4. The smallest absolute Gasteiger partial charge is 0.253 e. The van der Waals surface area contributed by atoms with Gasteiger partial charge in [0.1, 0.15) is 0 Å². The summed E-state index contributed by atoms with van der Waals surface area (Å²) in [5.74, 6) is -0.440. The third-order valence-electron chi connectivity index (χ3n) is 3.99. The van der Waals surface area contributed by atoms with E-state index in [1.165, 1.54) is 32.3 Å². The summed E-state index contributed by atoms with van der Waals surface area (Å²) in [7, 11) is -0.795. The molecule has 0 saturated carbocycles. The van der Waals surface area contributed by atoms with Crippen LogP contribution in [0.15, 0.2) is 47.4 Å². The lowest BCUT2D eigenvalue weighted by molar-refractivity contribution is 0.0657. The molecule has 6 nitrogen and oxygen atoms in total. The van der Waals surface area contributed by atoms with Gasteiger partial charge in [-0.1, -0.05) is 35.9 Å². The summed E-state index contributed by atoms with van der Waals surface area (Å²) in [5.41, 5.74) is 2.04. The number of rotatable bonds is 8. The molecule has 0 radical (unpaired) electrons. The molecule has 2 rings (SSSR count). The Kier molecular flexibility index (Phi) is 7.60. The number of benzene rings is 2. The zero-order chi connectivity index (χ0) is 20.9. The van der Waals surface area contributed by atoms with Crippen LogP contribution in [0.1, 0.15) is 35.3 Å². The Labute approximate surface area is 171 Å². The fourth-order valence-electron chi connectivity index (χ4n) is 2.42. The molecule has 0 aromatic heterocycles. The van der Waals surface area contributed by atoms with Crippen LogP contribution in [0.3, 0.4) is 0 Å². The van der Waals surface area contributed by atoms with E-state index in [4.69, 9.17) is 16.3 Å². The molecule has 2 aromatic rings. The molecule has 1 N–H and O–H groups in total. The van der Waals surface area contributed by atoms with Crippen LogP contribution in [0.25, 0.3) is 0 Å². The molecule has 8 heteroatoms. The lowest BCUT2D eigenvalue weighted by Gasteiger charge is -2.13. The summed E-state index contributed by atoms with van der Waals surface area (Å²) >= 11 is 6.11. The van der Waals surface area contributed by atoms with Crippen LogP contribution in [0, 0.1) is 0 Å². The summed E-state index contributed by atoms with van der Waals surface area (Å²) in [6.45, 7) is 4.72. The van der Waals surface area contributed by atoms with E-state index < -0.39 is 15.9 Å². The minimum absolute atomic E-state index is 0.0138. The number of amides is 1. The van der Waals surface area contributed by atoms with Gasteiger partial charge in [-0.3, -0.25) is 4.79 Å². The first-order chi connectivity index (χ1) is 13.1. The molecule has 0 spiro atoms. The first-order valence-electron chi connectivity index (χ1n) is 8.81. The Hall–Kier alpha value is -1.93. The van der Waals surface area contributed by atoms with E-state index in [9.17, 15) is 13.2 Å². The molecule has 0 heterocycles. The minimum atomic E-state index is -3.66. The molecule has 0 aliphatic carbocycles. The van der Waals surface area contributed by atoms with Crippen molar-refractivity contribution in [1.82, 2.24) is 9.62 Å². The van der Waals surface area contributed by atoms with Gasteiger partial charge >= 0.3 is 0 Å². The van der Waals surface area contributed by atoms with Crippen molar-refractivity contribution < 1.29 is 17.9 Å². The minimum Gasteiger partial charge on any atom is -0.374 e. The van der Waals surface area contributed by atoms with Gasteiger partial charge in [0.05, 0.1) is 28.2 Å². The first kappa shape index (κ1) is 22.4. The molecular formula is C20H25ClN2O4S. The Balaban J connectivity index is 2.12. The predicted octanol–water partition coefficient (Wildman–Crippen LogP) is 3.45. The maximum absolute atomic E-state index is 12.6. The molecule has 28 heavy (non-hydrogen) atoms. The highest BCUT2D eigenvalue weighted by molar-refractivity contribution is 7.89. The summed E-state index contributed by atoms with van der Waals surface area (Å²) in [4.78, 5) is 12.6. The number of halogens is 1. The van der Waals surface area contributed by atoms with Gasteiger partial charge in [0, 0.05) is 20.6 Å². The Morgan fingerprint density at radius 2 is 1.82 bits per heavy atom. The van der Waals surface area contributed by atoms with Crippen molar-refractivity contribution in [2.75, 3.05) is 14.1 Å². The van der Waals surface area contributed by atoms with Crippen LogP contribution in [-0.4, -0.2) is 38.8 Å². The largest absolute Gasteiger partial charge is 0.374 e. The standard InChI is InChI=1S/C20H25ClN2O4S/c1-14(2)27-13-16-7-5-6-15(10-16)12-22-20(24)18-11-17(8-9-19(18)21)28(25,26)23(3)4/h5-11,14H,12-13H2,1-4H3,(H,22,24). The molecular weight excluding hydrogens is 400 g/mol. The van der Waals surface area contributed by atoms with Crippen LogP contribution in [0.2, 0.25) is 5.02 Å². The summed E-state index contributed by atoms with van der Waals surface area (Å²) < 4.78 is 31.2. The molecule has 0 unspecified atom stereocenters. The number of ether oxygens (including phenoxy) is 1. The number of carbonyl (C=O) groups excluding carboxylic acids is 1. The molecule has 1 amide bonds. The van der Waals surface area contributed by atoms with Crippen molar-refractivity contribution in [3.63, 3.8) is 0 Å². The second-order valence-electron chi connectivity index (χ2n) is 6.79. The molecule has 0 atom stereocenters. The lowest BCUT2D eigenvalue weighted by atomic mass is 10.1. The van der Waals surface area contributed by atoms with E-state index in [-0.39, 0.29) is 28.1 Å². The Morgan fingerprint density at radius 1 is 1.14 bits per heavy atom. The number of sulfonamides is 1. The van der Waals surface area contributed by atoms with E-state index in [1.807, 2.05) is 38.1 Å². The maximum atomic E-state index is 12.6. The normalized spacial score (nSPS) is 11.8. The molecule has 0 aliphatic rings. The van der Waals surface area contributed by atoms with E-state index >= 15 is 0 Å². The SMILES string of the molecule is CC(C)OCc1cccc(CNC(=O)c2cc(S(=O)(=O)N(C)C)ccc2Cl)c1. The van der Waals surface area contributed by atoms with Gasteiger partial charge in [-0.2, -0.15) is 0 Å². The highest BCUT2D eigenvalue weighted by Crippen LogP contribution is 2.22. The van der Waals surface area contributed by atoms with Crippen molar-refractivity contribution in [3.8, 4) is 0 Å². The molecule has 0 saturated heterocycles. The Bertz CT molecular complexity index is 943. The molecule has 0 bridgehead atoms. The van der Waals surface area contributed by atoms with Crippen LogP contribution in [-0.2, 0) is 27.9 Å². The zero-order valence-corrected chi connectivity index (χ0v) is 18.0. The fraction of sp³-hybridized carbons (Fsp3) is 0.350. The molecule has 2 aromatic carbocycles. The monoisotopic (exact) mass is 424 g/mol. The van der Waals surface area contributed by atoms with Crippen LogP contribution >= 0.6 is 11.6 Å². The van der Waals surface area contributed by atoms with E-state index in [0.717, 1.165) is 15.4 Å². The van der Waals surface area contributed by atoms with E-state index in [0.29, 0.717) is 6.61 Å². The predicted molar refractivity (Wildman–Crippen MR) is 110 cm³/mol. The van der Waals surface area contributed by atoms with Gasteiger partial charge < -0.3 is 10.1 Å². The summed E-state index contributed by atoms with van der Waals surface area (Å²) in [5, 5.41) is 2.97. The third kappa shape index (κ3) is 5.78. The van der Waals surface area contributed by atoms with Crippen LogP contribution in [0.5, 0.6) is 0 Å². The van der Waals surface area contributed by atoms with Crippen molar-refractivity contribution in [2.24, 2.45) is 0 Å². The van der Waals surface area contributed by atoms with Crippen molar-refractivity contribution in [2.45, 2.75) is 38.0 Å². The van der Waals surface area contributed by atoms with Gasteiger partial charge in [-0.15, -0.1) is 0 Å². The Morgan fingerprint density at radius 3 is 2.46 bits per heavy atom. The van der Waals surface area contributed by atoms with Gasteiger partial charge in [0.15, 0.2) is 0 Å². The van der Waals surface area contributed by atoms with Gasteiger partial charge in [0.25, 0.3) is 5.91 Å². The van der Waals surface area contributed by atoms with Crippen molar-refractivity contribution in [1.29, 1.82) is 0 Å². The quantitative estimate of drug-likeness (QED) is 0.704. The number of nitrogens with zero attached hydrogens (tertiary/aromatic N) is 1. The topological polar surface area (TPSA) is 75.7 Å². The lowest BCUT2D eigenvalue weighted by Crippen LogP contribution is -2.25. The second kappa shape index (κ2) is 9.52. The molecule has 0 fully saturated rings. The van der Waals surface area contributed by atoms with Crippen molar-refractivity contribution in [3.05, 3.63) is 64.2 Å². The number of nitrogens with one attached hydrogen (secondary N) is 1. The van der Waals surface area contributed by atoms with Crippen molar-refractivity contribution >= 4 is 27.5 Å². The second-order valence-corrected chi connectivity index (χ2v) is 9.35. The highest BCUT2D eigenvalue weighted by atomic mass is 35.5. The zero-order valence-electron chi connectivity index (χ0n) is 16.4. The van der Waals surface area contributed by atoms with Gasteiger partial charge in [0.2, 0.25) is 10.0 Å². The first-order valence-corrected chi connectivity index (χ1v) is 10.6. The van der Waals surface area contributed by atoms with Crippen LogP contribution in [0.4, 0.5) is 0 Å². The summed E-state index contributed by atoms with van der Waals surface area (Å²) in [6.07, 6.45) is 0.135. The fourth-order valence-corrected chi connectivity index (χ4v) is 3.55. The molecule has 152 valence electrons. The van der Waals surface area contributed by atoms with E-state index in [2.05, 4.69) is 5.32 Å². The third-order valence-corrected chi connectivity index (χ3v) is 6.13. The number of hydrogen-bond donors (Lipinski definition) is 1.